The number of aromatic nitrogens is 3. The minimum absolute atomic E-state index is 0.215. The second kappa shape index (κ2) is 9.67. The molecule has 0 saturated carbocycles. The summed E-state index contributed by atoms with van der Waals surface area (Å²) in [5, 5.41) is 20.2. The van der Waals surface area contributed by atoms with E-state index in [9.17, 15) is 5.21 Å². The molecule has 36 heavy (non-hydrogen) atoms. The lowest BCUT2D eigenvalue weighted by atomic mass is 10.0. The van der Waals surface area contributed by atoms with Crippen LogP contribution in [0.5, 0.6) is 11.6 Å². The van der Waals surface area contributed by atoms with E-state index in [0.717, 1.165) is 27.9 Å². The van der Waals surface area contributed by atoms with E-state index in [1.807, 2.05) is 84.9 Å². The molecule has 0 bridgehead atoms. The minimum Gasteiger partial charge on any atom is -0.497 e. The van der Waals surface area contributed by atoms with Crippen molar-refractivity contribution in [3.05, 3.63) is 84.9 Å². The Bertz CT molecular complexity index is 1530. The molecule has 0 amide bonds. The van der Waals surface area contributed by atoms with Gasteiger partial charge in [-0.05, 0) is 23.3 Å². The highest BCUT2D eigenvalue weighted by atomic mass is 16.5. The molecule has 9 heteroatoms. The molecule has 0 saturated heterocycles. The van der Waals surface area contributed by atoms with Gasteiger partial charge in [-0.1, -0.05) is 78.0 Å². The Labute approximate surface area is 207 Å². The minimum atomic E-state index is -0.215. The predicted octanol–water partition coefficient (Wildman–Crippen LogP) is 4.86. The standard InChI is InChI=1S/C27H24N6O3/c1-35-20-15-13-18(14-16-20)22-24(30-27(28)32-34)29-25-21(17-9-5-3-6-10-17)23(19-11-7-4-8-12-19)31-33(25)26(22)36-2/h3-16,34H,1-2H3,(H3,28,29,30,32). The zero-order valence-corrected chi connectivity index (χ0v) is 19.7. The van der Waals surface area contributed by atoms with Crippen LogP contribution in [0.4, 0.5) is 5.82 Å². The van der Waals surface area contributed by atoms with Crippen molar-refractivity contribution in [1.29, 1.82) is 0 Å². The molecule has 0 radical (unpaired) electrons. The van der Waals surface area contributed by atoms with Crippen LogP contribution >= 0.6 is 0 Å². The predicted molar refractivity (Wildman–Crippen MR) is 139 cm³/mol. The molecule has 9 nitrogen and oxygen atoms in total. The summed E-state index contributed by atoms with van der Waals surface area (Å²) in [6.07, 6.45) is 0. The molecule has 3 aromatic carbocycles. The second-order valence-electron chi connectivity index (χ2n) is 7.87. The van der Waals surface area contributed by atoms with Crippen molar-refractivity contribution in [3.63, 3.8) is 0 Å². The molecule has 180 valence electrons. The summed E-state index contributed by atoms with van der Waals surface area (Å²) >= 11 is 0. The Kier molecular flexibility index (Phi) is 6.10. The van der Waals surface area contributed by atoms with Crippen LogP contribution in [0.1, 0.15) is 0 Å². The molecule has 0 atom stereocenters. The van der Waals surface area contributed by atoms with Crippen LogP contribution < -0.4 is 20.5 Å². The lowest BCUT2D eigenvalue weighted by Crippen LogP contribution is -2.23. The molecular weight excluding hydrogens is 456 g/mol. The van der Waals surface area contributed by atoms with Crippen LogP contribution in [0.2, 0.25) is 0 Å². The van der Waals surface area contributed by atoms with E-state index in [0.29, 0.717) is 28.7 Å². The van der Waals surface area contributed by atoms with Crippen LogP contribution in [0.25, 0.3) is 39.2 Å². The molecule has 5 rings (SSSR count). The summed E-state index contributed by atoms with van der Waals surface area (Å²) in [6.45, 7) is 0. The van der Waals surface area contributed by atoms with Crippen molar-refractivity contribution < 1.29 is 14.7 Å². The van der Waals surface area contributed by atoms with Crippen molar-refractivity contribution in [1.82, 2.24) is 14.6 Å². The Morgan fingerprint density at radius 1 is 0.833 bits per heavy atom. The Balaban J connectivity index is 1.88. The van der Waals surface area contributed by atoms with E-state index in [2.05, 4.69) is 10.5 Å². The van der Waals surface area contributed by atoms with E-state index in [-0.39, 0.29) is 5.96 Å². The highest BCUT2D eigenvalue weighted by Crippen LogP contribution is 2.42. The van der Waals surface area contributed by atoms with Gasteiger partial charge >= 0.3 is 0 Å². The van der Waals surface area contributed by atoms with Crippen LogP contribution in [0.15, 0.2) is 90.1 Å². The number of anilines is 1. The molecule has 0 aliphatic heterocycles. The van der Waals surface area contributed by atoms with E-state index in [4.69, 9.17) is 25.3 Å². The fourth-order valence-corrected chi connectivity index (χ4v) is 4.13. The number of rotatable bonds is 6. The maximum atomic E-state index is 9.26. The number of nitrogens with one attached hydrogen (secondary N) is 1. The first kappa shape index (κ1) is 22.7. The Hall–Kier alpha value is -5.05. The number of oxime groups is 1. The monoisotopic (exact) mass is 480 g/mol. The average Bonchev–Trinajstić information content (AvgIpc) is 3.32. The van der Waals surface area contributed by atoms with E-state index >= 15 is 0 Å². The summed E-state index contributed by atoms with van der Waals surface area (Å²) in [7, 11) is 3.18. The Morgan fingerprint density at radius 2 is 1.44 bits per heavy atom. The van der Waals surface area contributed by atoms with Gasteiger partial charge in [0.05, 0.1) is 25.3 Å². The highest BCUT2D eigenvalue weighted by molar-refractivity contribution is 5.98. The van der Waals surface area contributed by atoms with Crippen molar-refractivity contribution >= 4 is 17.4 Å². The number of nitrogens with zero attached hydrogens (tertiary/aromatic N) is 4. The number of nitrogens with two attached hydrogens (primary N) is 1. The van der Waals surface area contributed by atoms with Gasteiger partial charge in [0.2, 0.25) is 11.8 Å². The van der Waals surface area contributed by atoms with Crippen molar-refractivity contribution in [2.45, 2.75) is 0 Å². The molecule has 0 unspecified atom stereocenters. The van der Waals surface area contributed by atoms with Gasteiger partial charge < -0.3 is 25.7 Å². The maximum absolute atomic E-state index is 9.26. The van der Waals surface area contributed by atoms with E-state index in [1.54, 1.807) is 18.7 Å². The normalized spacial score (nSPS) is 11.4. The van der Waals surface area contributed by atoms with Crippen molar-refractivity contribution in [3.8, 4) is 45.1 Å². The zero-order chi connectivity index (χ0) is 25.1. The molecule has 5 aromatic rings. The lowest BCUT2D eigenvalue weighted by molar-refractivity contribution is 0.318. The molecule has 2 aromatic heterocycles. The first-order chi connectivity index (χ1) is 17.6. The summed E-state index contributed by atoms with van der Waals surface area (Å²) in [6, 6.07) is 27.2. The first-order valence-electron chi connectivity index (χ1n) is 11.1. The lowest BCUT2D eigenvalue weighted by Gasteiger charge is -2.16. The molecule has 0 spiro atoms. The first-order valence-corrected chi connectivity index (χ1v) is 11.1. The van der Waals surface area contributed by atoms with Crippen LogP contribution in [0.3, 0.4) is 0 Å². The van der Waals surface area contributed by atoms with Gasteiger partial charge in [-0.25, -0.2) is 4.98 Å². The van der Waals surface area contributed by atoms with Crippen molar-refractivity contribution in [2.75, 3.05) is 19.5 Å². The fraction of sp³-hybridized carbons (Fsp3) is 0.0741. The third-order valence-electron chi connectivity index (χ3n) is 5.76. The summed E-state index contributed by atoms with van der Waals surface area (Å²) < 4.78 is 12.9. The third kappa shape index (κ3) is 4.03. The van der Waals surface area contributed by atoms with E-state index in [1.165, 1.54) is 0 Å². The SMILES string of the molecule is COc1ccc(-c2c(N/C(N)=N/O)nc3c(-c4ccccc4)c(-c4ccccc4)nn3c2OC)cc1. The highest BCUT2D eigenvalue weighted by Gasteiger charge is 2.25. The summed E-state index contributed by atoms with van der Waals surface area (Å²) in [4.78, 5) is 4.92. The quantitative estimate of drug-likeness (QED) is 0.137. The topological polar surface area (TPSA) is 119 Å². The number of hydrogen-bond donors (Lipinski definition) is 3. The zero-order valence-electron chi connectivity index (χ0n) is 19.7. The fourth-order valence-electron chi connectivity index (χ4n) is 4.13. The van der Waals surface area contributed by atoms with Crippen molar-refractivity contribution in [2.24, 2.45) is 10.9 Å². The average molecular weight is 481 g/mol. The van der Waals surface area contributed by atoms with Crippen LogP contribution in [-0.2, 0) is 0 Å². The van der Waals surface area contributed by atoms with Crippen LogP contribution in [-0.4, -0.2) is 40.0 Å². The molecule has 0 aliphatic rings. The largest absolute Gasteiger partial charge is 0.497 e. The second-order valence-corrected chi connectivity index (χ2v) is 7.87. The van der Waals surface area contributed by atoms with Crippen LogP contribution in [0, 0.1) is 0 Å². The van der Waals surface area contributed by atoms with Gasteiger partial charge in [0.15, 0.2) is 5.65 Å². The molecule has 2 heterocycles. The number of methoxy groups -OCH3 is 2. The van der Waals surface area contributed by atoms with Gasteiger partial charge in [-0.2, -0.15) is 9.61 Å². The molecule has 4 N–H and O–H groups in total. The summed E-state index contributed by atoms with van der Waals surface area (Å²) in [5.74, 6) is 1.26. The molecule has 0 aliphatic carbocycles. The third-order valence-corrected chi connectivity index (χ3v) is 5.76. The Morgan fingerprint density at radius 3 is 2.03 bits per heavy atom. The number of ether oxygens (including phenoxy) is 2. The van der Waals surface area contributed by atoms with E-state index < -0.39 is 0 Å². The number of guanidine groups is 1. The smallest absolute Gasteiger partial charge is 0.236 e. The number of benzene rings is 3. The summed E-state index contributed by atoms with van der Waals surface area (Å²) in [5.41, 5.74) is 11.2. The molecule has 0 fully saturated rings. The van der Waals surface area contributed by atoms with Gasteiger partial charge in [0.25, 0.3) is 0 Å². The maximum Gasteiger partial charge on any atom is 0.236 e. The van der Waals surface area contributed by atoms with Gasteiger partial charge in [-0.15, -0.1) is 0 Å². The number of fused-ring (bicyclic) bond motifs is 1. The number of hydrogen-bond acceptors (Lipinski definition) is 6. The van der Waals surface area contributed by atoms with Gasteiger partial charge in [0, 0.05) is 5.56 Å². The van der Waals surface area contributed by atoms with Gasteiger partial charge in [-0.3, -0.25) is 0 Å². The van der Waals surface area contributed by atoms with Gasteiger partial charge in [0.1, 0.15) is 17.3 Å². The molecular formula is C27H24N6O3.